The maximum Gasteiger partial charge on any atom is 0.0594 e. The number of hydrogen-bond acceptors (Lipinski definition) is 5. The molecule has 5 heteroatoms. The molecule has 1 aromatic heterocycles. The Morgan fingerprint density at radius 2 is 1.95 bits per heavy atom. The van der Waals surface area contributed by atoms with Crippen LogP contribution in [0.4, 0.5) is 0 Å². The third kappa shape index (κ3) is 3.80. The van der Waals surface area contributed by atoms with Gasteiger partial charge in [-0.25, -0.2) is 0 Å². The second kappa shape index (κ2) is 7.52. The number of nitrogens with zero attached hydrogens (tertiary/aromatic N) is 1. The number of ether oxygens (including phenoxy) is 2. The van der Waals surface area contributed by atoms with Gasteiger partial charge in [0, 0.05) is 43.8 Å². The van der Waals surface area contributed by atoms with E-state index in [9.17, 15) is 0 Å². The summed E-state index contributed by atoms with van der Waals surface area (Å²) in [5, 5.41) is 5.93. The summed E-state index contributed by atoms with van der Waals surface area (Å²) in [7, 11) is 0. The summed E-state index contributed by atoms with van der Waals surface area (Å²) in [6, 6.07) is 5.52. The summed E-state index contributed by atoms with van der Waals surface area (Å²) in [5.41, 5.74) is 0. The van der Waals surface area contributed by atoms with Crippen molar-refractivity contribution in [3.63, 3.8) is 0 Å². The Balaban J connectivity index is 1.59. The van der Waals surface area contributed by atoms with Gasteiger partial charge in [-0.3, -0.25) is 4.90 Å². The third-order valence-corrected chi connectivity index (χ3v) is 5.15. The number of nitrogens with one attached hydrogen (secondary N) is 1. The Bertz CT molecular complexity index is 373. The highest BCUT2D eigenvalue weighted by atomic mass is 32.1. The summed E-state index contributed by atoms with van der Waals surface area (Å²) in [6.45, 7) is 6.64. The molecule has 0 amide bonds. The maximum atomic E-state index is 5.49. The monoisotopic (exact) mass is 296 g/mol. The minimum atomic E-state index is 0.488. The van der Waals surface area contributed by atoms with Gasteiger partial charge in [0.05, 0.1) is 19.3 Å². The molecule has 2 aliphatic heterocycles. The molecule has 4 nitrogen and oxygen atoms in total. The molecule has 112 valence electrons. The van der Waals surface area contributed by atoms with Gasteiger partial charge in [-0.1, -0.05) is 6.07 Å². The van der Waals surface area contributed by atoms with Gasteiger partial charge in [-0.2, -0.15) is 0 Å². The first kappa shape index (κ1) is 14.5. The quantitative estimate of drug-likeness (QED) is 0.900. The lowest BCUT2D eigenvalue weighted by molar-refractivity contribution is 0.0146. The van der Waals surface area contributed by atoms with E-state index in [4.69, 9.17) is 9.47 Å². The predicted molar refractivity (Wildman–Crippen MR) is 81.3 cm³/mol. The molecular weight excluding hydrogens is 272 g/mol. The van der Waals surface area contributed by atoms with Gasteiger partial charge < -0.3 is 14.8 Å². The van der Waals surface area contributed by atoms with Crippen LogP contribution in [-0.2, 0) is 9.47 Å². The molecule has 2 aliphatic rings. The highest BCUT2D eigenvalue weighted by Crippen LogP contribution is 2.25. The van der Waals surface area contributed by atoms with Crippen LogP contribution in [0.5, 0.6) is 0 Å². The fourth-order valence-electron chi connectivity index (χ4n) is 2.96. The van der Waals surface area contributed by atoms with Crippen molar-refractivity contribution in [3.8, 4) is 0 Å². The second-order valence-electron chi connectivity index (χ2n) is 5.47. The van der Waals surface area contributed by atoms with E-state index in [1.807, 2.05) is 11.3 Å². The van der Waals surface area contributed by atoms with E-state index < -0.39 is 0 Å². The van der Waals surface area contributed by atoms with Crippen molar-refractivity contribution >= 4 is 11.3 Å². The molecule has 20 heavy (non-hydrogen) atoms. The van der Waals surface area contributed by atoms with E-state index in [1.54, 1.807) is 0 Å². The van der Waals surface area contributed by atoms with Crippen LogP contribution in [0.25, 0.3) is 0 Å². The van der Waals surface area contributed by atoms with Gasteiger partial charge in [0.25, 0.3) is 0 Å². The molecule has 3 heterocycles. The van der Waals surface area contributed by atoms with Gasteiger partial charge in [-0.05, 0) is 24.3 Å². The van der Waals surface area contributed by atoms with Crippen molar-refractivity contribution in [2.45, 2.75) is 24.9 Å². The number of rotatable bonds is 5. The highest BCUT2D eigenvalue weighted by molar-refractivity contribution is 7.10. The molecule has 0 aliphatic carbocycles. The van der Waals surface area contributed by atoms with Gasteiger partial charge in [0.15, 0.2) is 0 Å². The lowest BCUT2D eigenvalue weighted by Gasteiger charge is -2.35. The fourth-order valence-corrected chi connectivity index (χ4v) is 3.82. The molecule has 0 saturated carbocycles. The van der Waals surface area contributed by atoms with Gasteiger partial charge in [0.2, 0.25) is 0 Å². The molecule has 1 N–H and O–H groups in total. The molecule has 0 radical (unpaired) electrons. The van der Waals surface area contributed by atoms with E-state index >= 15 is 0 Å². The van der Waals surface area contributed by atoms with Crippen molar-refractivity contribution < 1.29 is 9.47 Å². The summed E-state index contributed by atoms with van der Waals surface area (Å²) in [5.74, 6) is 0. The molecule has 0 unspecified atom stereocenters. The second-order valence-corrected chi connectivity index (χ2v) is 6.45. The van der Waals surface area contributed by atoms with Crippen LogP contribution in [0.15, 0.2) is 17.5 Å². The van der Waals surface area contributed by atoms with E-state index in [-0.39, 0.29) is 0 Å². The normalized spacial score (nSPS) is 23.8. The van der Waals surface area contributed by atoms with Crippen LogP contribution >= 0.6 is 11.3 Å². The maximum absolute atomic E-state index is 5.49. The molecule has 0 bridgehead atoms. The van der Waals surface area contributed by atoms with Gasteiger partial charge >= 0.3 is 0 Å². The molecule has 0 aromatic carbocycles. The predicted octanol–water partition coefficient (Wildman–Crippen LogP) is 1.89. The Labute approximate surface area is 125 Å². The average Bonchev–Trinajstić information content (AvgIpc) is 3.04. The van der Waals surface area contributed by atoms with E-state index in [0.717, 1.165) is 58.9 Å². The van der Waals surface area contributed by atoms with Crippen LogP contribution in [0.2, 0.25) is 0 Å². The molecule has 2 saturated heterocycles. The van der Waals surface area contributed by atoms with Crippen molar-refractivity contribution in [3.05, 3.63) is 22.4 Å². The number of thiophene rings is 1. The largest absolute Gasteiger partial charge is 0.381 e. The van der Waals surface area contributed by atoms with Crippen LogP contribution in [0.1, 0.15) is 23.8 Å². The minimum absolute atomic E-state index is 0.488. The molecule has 0 spiro atoms. The zero-order valence-corrected chi connectivity index (χ0v) is 12.7. The van der Waals surface area contributed by atoms with Crippen molar-refractivity contribution in [2.75, 3.05) is 46.1 Å². The molecular formula is C15H24N2O2S. The lowest BCUT2D eigenvalue weighted by atomic mass is 10.1. The van der Waals surface area contributed by atoms with E-state index in [1.165, 1.54) is 4.88 Å². The van der Waals surface area contributed by atoms with Crippen molar-refractivity contribution in [1.29, 1.82) is 0 Å². The molecule has 1 atom stereocenters. The first-order chi connectivity index (χ1) is 9.93. The Morgan fingerprint density at radius 1 is 1.20 bits per heavy atom. The minimum Gasteiger partial charge on any atom is -0.381 e. The Hall–Kier alpha value is -0.460. The molecule has 2 fully saturated rings. The first-order valence-corrected chi connectivity index (χ1v) is 8.48. The summed E-state index contributed by atoms with van der Waals surface area (Å²) >= 11 is 1.86. The summed E-state index contributed by atoms with van der Waals surface area (Å²) in [4.78, 5) is 4.02. The number of morpholine rings is 1. The SMILES string of the molecule is c1csc([C@@H](CNC2CCOCC2)N2CCOCC2)c1. The first-order valence-electron chi connectivity index (χ1n) is 7.60. The molecule has 3 rings (SSSR count). The molecule has 1 aromatic rings. The van der Waals surface area contributed by atoms with E-state index in [0.29, 0.717) is 12.1 Å². The summed E-state index contributed by atoms with van der Waals surface area (Å²) < 4.78 is 10.9. The Morgan fingerprint density at radius 3 is 2.65 bits per heavy atom. The van der Waals surface area contributed by atoms with Crippen molar-refractivity contribution in [2.24, 2.45) is 0 Å². The smallest absolute Gasteiger partial charge is 0.0594 e. The Kier molecular flexibility index (Phi) is 5.44. The standard InChI is InChI=1S/C15H24N2O2S/c1-2-15(20-11-1)14(17-5-9-19-10-6-17)12-16-13-3-7-18-8-4-13/h1-2,11,13-14,16H,3-10,12H2/t14-/m1/s1. The van der Waals surface area contributed by atoms with Crippen LogP contribution in [-0.4, -0.2) is 57.0 Å². The fraction of sp³-hybridized carbons (Fsp3) is 0.733. The summed E-state index contributed by atoms with van der Waals surface area (Å²) in [6.07, 6.45) is 2.28. The van der Waals surface area contributed by atoms with Crippen LogP contribution < -0.4 is 5.32 Å². The topological polar surface area (TPSA) is 33.7 Å². The van der Waals surface area contributed by atoms with E-state index in [2.05, 4.69) is 27.7 Å². The highest BCUT2D eigenvalue weighted by Gasteiger charge is 2.24. The van der Waals surface area contributed by atoms with Gasteiger partial charge in [0.1, 0.15) is 0 Å². The van der Waals surface area contributed by atoms with Gasteiger partial charge in [-0.15, -0.1) is 11.3 Å². The lowest BCUT2D eigenvalue weighted by Crippen LogP contribution is -2.45. The third-order valence-electron chi connectivity index (χ3n) is 4.18. The van der Waals surface area contributed by atoms with Crippen molar-refractivity contribution in [1.82, 2.24) is 10.2 Å². The van der Waals surface area contributed by atoms with Crippen LogP contribution in [0.3, 0.4) is 0 Å². The zero-order valence-electron chi connectivity index (χ0n) is 11.9. The zero-order chi connectivity index (χ0) is 13.6. The van der Waals surface area contributed by atoms with Crippen LogP contribution in [0, 0.1) is 0 Å². The number of hydrogen-bond donors (Lipinski definition) is 1. The average molecular weight is 296 g/mol.